The fraction of sp³-hybridized carbons (Fsp3) is 0.538. The van der Waals surface area contributed by atoms with Gasteiger partial charge in [-0.2, -0.15) is 18.2 Å². The monoisotopic (exact) mass is 531 g/mol. The lowest BCUT2D eigenvalue weighted by molar-refractivity contribution is -0.137. The van der Waals surface area contributed by atoms with Gasteiger partial charge >= 0.3 is 6.18 Å². The number of aromatic nitrogens is 2. The molecule has 2 amide bonds. The number of alkyl halides is 3. The first kappa shape index (κ1) is 26.2. The molecule has 1 saturated carbocycles. The van der Waals surface area contributed by atoms with Crippen LogP contribution in [0, 0.1) is 5.92 Å². The molecule has 0 spiro atoms. The molecule has 3 aliphatic rings. The normalized spacial score (nSPS) is 24.6. The third-order valence-electron chi connectivity index (χ3n) is 7.41. The number of piperazine rings is 1. The minimum absolute atomic E-state index is 0.0244. The van der Waals surface area contributed by atoms with Gasteiger partial charge in [-0.3, -0.25) is 9.59 Å². The molecule has 5 rings (SSSR count). The molecule has 3 fully saturated rings. The van der Waals surface area contributed by atoms with Gasteiger partial charge < -0.3 is 26.2 Å². The second-order valence-corrected chi connectivity index (χ2v) is 10.6. The molecular weight excluding hydrogens is 499 g/mol. The van der Waals surface area contributed by atoms with Crippen molar-refractivity contribution in [2.45, 2.75) is 69.9 Å². The van der Waals surface area contributed by atoms with Gasteiger partial charge in [0.05, 0.1) is 5.92 Å². The zero-order valence-corrected chi connectivity index (χ0v) is 21.3. The zero-order chi connectivity index (χ0) is 27.0. The van der Waals surface area contributed by atoms with E-state index in [0.717, 1.165) is 25.6 Å². The number of hydrogen-bond acceptors (Lipinski definition) is 7. The molecule has 2 aliphatic heterocycles. The molecular formula is C26H32F3N7O2. The maximum Gasteiger partial charge on any atom is 0.421 e. The van der Waals surface area contributed by atoms with Gasteiger partial charge in [-0.25, -0.2) is 4.98 Å². The third kappa shape index (κ3) is 5.54. The van der Waals surface area contributed by atoms with E-state index in [0.29, 0.717) is 36.7 Å². The summed E-state index contributed by atoms with van der Waals surface area (Å²) in [4.78, 5) is 35.4. The Bertz CT molecular complexity index is 1190. The molecule has 9 nitrogen and oxygen atoms in total. The lowest BCUT2D eigenvalue weighted by atomic mass is 10.0. The Hall–Kier alpha value is -3.41. The molecule has 3 heterocycles. The Morgan fingerprint density at radius 2 is 1.92 bits per heavy atom. The number of amides is 2. The first-order valence-corrected chi connectivity index (χ1v) is 13.0. The number of likely N-dealkylation sites (tertiary alicyclic amines) is 1. The average molecular weight is 532 g/mol. The predicted molar refractivity (Wildman–Crippen MR) is 136 cm³/mol. The summed E-state index contributed by atoms with van der Waals surface area (Å²) in [6.45, 7) is 5.19. The summed E-state index contributed by atoms with van der Waals surface area (Å²) in [7, 11) is 0. The molecule has 12 heteroatoms. The summed E-state index contributed by atoms with van der Waals surface area (Å²) in [5.41, 5.74) is 0.0889. The number of halogens is 3. The van der Waals surface area contributed by atoms with Crippen molar-refractivity contribution in [2.24, 2.45) is 5.92 Å². The number of anilines is 3. The second-order valence-electron chi connectivity index (χ2n) is 10.6. The lowest BCUT2D eigenvalue weighted by Crippen LogP contribution is -2.46. The van der Waals surface area contributed by atoms with Crippen LogP contribution in [0.2, 0.25) is 0 Å². The summed E-state index contributed by atoms with van der Waals surface area (Å²) in [5, 5.41) is 12.0. The Morgan fingerprint density at radius 3 is 2.55 bits per heavy atom. The van der Waals surface area contributed by atoms with Crippen molar-refractivity contribution < 1.29 is 22.8 Å². The van der Waals surface area contributed by atoms with Crippen molar-refractivity contribution in [1.29, 1.82) is 0 Å². The summed E-state index contributed by atoms with van der Waals surface area (Å²) >= 11 is 0. The Kier molecular flexibility index (Phi) is 7.17. The van der Waals surface area contributed by atoms with E-state index in [1.807, 2.05) is 18.7 Å². The molecule has 4 atom stereocenters. The van der Waals surface area contributed by atoms with Crippen LogP contribution in [0.3, 0.4) is 0 Å². The van der Waals surface area contributed by atoms with Crippen LogP contribution in [-0.2, 0) is 11.0 Å². The molecule has 204 valence electrons. The molecule has 2 saturated heterocycles. The van der Waals surface area contributed by atoms with Crippen molar-refractivity contribution in [3.05, 3.63) is 41.6 Å². The van der Waals surface area contributed by atoms with Gasteiger partial charge in [-0.05, 0) is 57.4 Å². The average Bonchev–Trinajstić information content (AvgIpc) is 3.61. The SMILES string of the molecule is CC(C)NC(=O)[C@H]1CCC[C@H]1Nc1nc(Nc2ccc(C(=O)N3CC4CC3CN4)cc2)ncc1C(F)(F)F. The number of carbonyl (C=O) groups is 2. The van der Waals surface area contributed by atoms with Crippen molar-refractivity contribution >= 4 is 29.3 Å². The van der Waals surface area contributed by atoms with Crippen molar-refractivity contribution in [2.75, 3.05) is 23.7 Å². The van der Waals surface area contributed by atoms with Crippen LogP contribution < -0.4 is 21.3 Å². The van der Waals surface area contributed by atoms with Crippen LogP contribution in [0.25, 0.3) is 0 Å². The highest BCUT2D eigenvalue weighted by Gasteiger charge is 2.41. The molecule has 2 aromatic rings. The van der Waals surface area contributed by atoms with Gasteiger partial charge in [-0.1, -0.05) is 6.42 Å². The van der Waals surface area contributed by atoms with Gasteiger partial charge in [0.2, 0.25) is 11.9 Å². The molecule has 2 bridgehead atoms. The van der Waals surface area contributed by atoms with Crippen molar-refractivity contribution in [3.63, 3.8) is 0 Å². The van der Waals surface area contributed by atoms with Gasteiger partial charge in [0.1, 0.15) is 11.4 Å². The quantitative estimate of drug-likeness (QED) is 0.433. The summed E-state index contributed by atoms with van der Waals surface area (Å²) in [6.07, 6.45) is -1.08. The van der Waals surface area contributed by atoms with Gasteiger partial charge in [0.15, 0.2) is 0 Å². The highest BCUT2D eigenvalue weighted by molar-refractivity contribution is 5.95. The van der Waals surface area contributed by atoms with E-state index in [9.17, 15) is 22.8 Å². The topological polar surface area (TPSA) is 111 Å². The van der Waals surface area contributed by atoms with E-state index >= 15 is 0 Å². The minimum atomic E-state index is -4.66. The summed E-state index contributed by atoms with van der Waals surface area (Å²) < 4.78 is 41.3. The smallest absolute Gasteiger partial charge is 0.366 e. The summed E-state index contributed by atoms with van der Waals surface area (Å²) in [5.74, 6) is -1.05. The van der Waals surface area contributed by atoms with Gasteiger partial charge in [0, 0.05) is 54.7 Å². The Morgan fingerprint density at radius 1 is 1.16 bits per heavy atom. The number of benzene rings is 1. The number of hydrogen-bond donors (Lipinski definition) is 4. The van der Waals surface area contributed by atoms with Crippen LogP contribution in [-0.4, -0.2) is 63.9 Å². The Balaban J connectivity index is 1.31. The standard InChI is InChI=1S/C26H32F3N7O2/c1-14(2)32-23(37)19-4-3-5-21(19)34-22-20(26(27,28)29)12-31-25(35-22)33-16-8-6-15(7-9-16)24(38)36-13-17-10-18(36)11-30-17/h6-9,12,14,17-19,21,30H,3-5,10-11,13H2,1-2H3,(H,32,37)(H2,31,33,34,35)/t17?,18?,19-,21+/m0/s1. The maximum atomic E-state index is 13.8. The number of fused-ring (bicyclic) bond motifs is 2. The van der Waals surface area contributed by atoms with Crippen molar-refractivity contribution in [1.82, 2.24) is 25.5 Å². The van der Waals surface area contributed by atoms with Crippen LogP contribution in [0.4, 0.5) is 30.6 Å². The van der Waals surface area contributed by atoms with E-state index in [4.69, 9.17) is 0 Å². The minimum Gasteiger partial charge on any atom is -0.366 e. The fourth-order valence-corrected chi connectivity index (χ4v) is 5.57. The van der Waals surface area contributed by atoms with Gasteiger partial charge in [0.25, 0.3) is 5.91 Å². The summed E-state index contributed by atoms with van der Waals surface area (Å²) in [6, 6.07) is 6.76. The molecule has 4 N–H and O–H groups in total. The van der Waals surface area contributed by atoms with E-state index in [2.05, 4.69) is 31.2 Å². The highest BCUT2D eigenvalue weighted by Crippen LogP contribution is 2.37. The van der Waals surface area contributed by atoms with Crippen LogP contribution in [0.5, 0.6) is 0 Å². The first-order valence-electron chi connectivity index (χ1n) is 13.0. The number of nitrogens with one attached hydrogen (secondary N) is 4. The molecule has 1 aromatic carbocycles. The maximum absolute atomic E-state index is 13.8. The van der Waals surface area contributed by atoms with Crippen LogP contribution in [0.15, 0.2) is 30.5 Å². The third-order valence-corrected chi connectivity index (χ3v) is 7.41. The molecule has 1 aromatic heterocycles. The van der Waals surface area contributed by atoms with E-state index < -0.39 is 23.7 Å². The van der Waals surface area contributed by atoms with E-state index in [1.165, 1.54) is 0 Å². The number of nitrogens with zero attached hydrogens (tertiary/aromatic N) is 3. The second kappa shape index (κ2) is 10.4. The van der Waals surface area contributed by atoms with Gasteiger partial charge in [-0.15, -0.1) is 0 Å². The molecule has 38 heavy (non-hydrogen) atoms. The lowest BCUT2D eigenvalue weighted by Gasteiger charge is -2.27. The zero-order valence-electron chi connectivity index (χ0n) is 21.3. The fourth-order valence-electron chi connectivity index (χ4n) is 5.57. The molecule has 1 aliphatic carbocycles. The van der Waals surface area contributed by atoms with E-state index in [-0.39, 0.29) is 35.7 Å². The van der Waals surface area contributed by atoms with Crippen molar-refractivity contribution in [3.8, 4) is 0 Å². The van der Waals surface area contributed by atoms with E-state index in [1.54, 1.807) is 24.3 Å². The molecule has 0 radical (unpaired) electrons. The predicted octanol–water partition coefficient (Wildman–Crippen LogP) is 3.53. The number of rotatable bonds is 7. The number of carbonyl (C=O) groups excluding carboxylic acids is 2. The van der Waals surface area contributed by atoms with Crippen LogP contribution >= 0.6 is 0 Å². The molecule has 2 unspecified atom stereocenters. The largest absolute Gasteiger partial charge is 0.421 e. The highest BCUT2D eigenvalue weighted by atomic mass is 19.4. The Labute approximate surface area is 219 Å². The van der Waals surface area contributed by atoms with Crippen LogP contribution in [0.1, 0.15) is 55.5 Å². The first-order chi connectivity index (χ1) is 18.1.